The summed E-state index contributed by atoms with van der Waals surface area (Å²) in [5.74, 6) is -0.393. The number of rotatable bonds is 5. The van der Waals surface area contributed by atoms with Gasteiger partial charge in [0.15, 0.2) is 0 Å². The number of amides is 2. The minimum Gasteiger partial charge on any atom is -0.465 e. The lowest BCUT2D eigenvalue weighted by atomic mass is 9.88. The third kappa shape index (κ3) is 4.39. The number of piperidine rings is 1. The van der Waals surface area contributed by atoms with Gasteiger partial charge >= 0.3 is 12.0 Å². The molecule has 1 aromatic carbocycles. The van der Waals surface area contributed by atoms with Gasteiger partial charge in [0.25, 0.3) is 0 Å². The van der Waals surface area contributed by atoms with E-state index in [4.69, 9.17) is 9.47 Å². The summed E-state index contributed by atoms with van der Waals surface area (Å²) in [5, 5.41) is 2.92. The van der Waals surface area contributed by atoms with Crippen LogP contribution in [0.4, 0.5) is 10.5 Å². The summed E-state index contributed by atoms with van der Waals surface area (Å²) in [6.07, 6.45) is 4.21. The second kappa shape index (κ2) is 8.16. The molecular weight excluding hydrogens is 320 g/mol. The highest BCUT2D eigenvalue weighted by atomic mass is 16.5. The number of anilines is 1. The summed E-state index contributed by atoms with van der Waals surface area (Å²) in [6, 6.07) is 4.93. The van der Waals surface area contributed by atoms with Crippen molar-refractivity contribution in [1.29, 1.82) is 0 Å². The Hall–Kier alpha value is -2.34. The maximum absolute atomic E-state index is 12.5. The normalized spacial score (nSPS) is 16.2. The number of nitrogens with one attached hydrogen (secondary N) is 1. The lowest BCUT2D eigenvalue weighted by Crippen LogP contribution is -2.48. The highest BCUT2D eigenvalue weighted by Gasteiger charge is 2.34. The zero-order valence-electron chi connectivity index (χ0n) is 15.1. The SMILES string of the molecule is C=CCC1(OC)CCN(C(=O)Nc2ccc(C(=O)OC)cc2C)CC1. The Bertz CT molecular complexity index is 649. The molecule has 2 amide bonds. The van der Waals surface area contributed by atoms with Gasteiger partial charge in [0.2, 0.25) is 0 Å². The molecule has 0 saturated carbocycles. The van der Waals surface area contributed by atoms with Crippen molar-refractivity contribution in [2.24, 2.45) is 0 Å². The average Bonchev–Trinajstić information content (AvgIpc) is 2.63. The summed E-state index contributed by atoms with van der Waals surface area (Å²) in [6.45, 7) is 6.90. The summed E-state index contributed by atoms with van der Waals surface area (Å²) in [4.78, 5) is 25.9. The number of ether oxygens (including phenoxy) is 2. The van der Waals surface area contributed by atoms with Gasteiger partial charge in [0.05, 0.1) is 18.3 Å². The Balaban J connectivity index is 1.99. The molecular formula is C19H26N2O4. The van der Waals surface area contributed by atoms with Gasteiger partial charge in [0.1, 0.15) is 0 Å². The topological polar surface area (TPSA) is 67.9 Å². The maximum atomic E-state index is 12.5. The van der Waals surface area contributed by atoms with Crippen LogP contribution in [-0.4, -0.2) is 49.8 Å². The summed E-state index contributed by atoms with van der Waals surface area (Å²) in [7, 11) is 3.06. The molecule has 1 aromatic rings. The van der Waals surface area contributed by atoms with Crippen LogP contribution in [0.2, 0.25) is 0 Å². The van der Waals surface area contributed by atoms with Crippen molar-refractivity contribution in [2.75, 3.05) is 32.6 Å². The van der Waals surface area contributed by atoms with Gasteiger partial charge in [-0.15, -0.1) is 6.58 Å². The molecule has 0 unspecified atom stereocenters. The van der Waals surface area contributed by atoms with Crippen molar-refractivity contribution < 1.29 is 19.1 Å². The second-order valence-electron chi connectivity index (χ2n) is 6.32. The number of hydrogen-bond donors (Lipinski definition) is 1. The summed E-state index contributed by atoms with van der Waals surface area (Å²) in [5.41, 5.74) is 1.75. The number of likely N-dealkylation sites (tertiary alicyclic amines) is 1. The Labute approximate surface area is 148 Å². The number of carbonyl (C=O) groups excluding carboxylic acids is 2. The van der Waals surface area contributed by atoms with Crippen LogP contribution in [0.25, 0.3) is 0 Å². The van der Waals surface area contributed by atoms with Crippen LogP contribution in [0.3, 0.4) is 0 Å². The van der Waals surface area contributed by atoms with E-state index >= 15 is 0 Å². The summed E-state index contributed by atoms with van der Waals surface area (Å²) >= 11 is 0. The zero-order valence-corrected chi connectivity index (χ0v) is 15.1. The fraction of sp³-hybridized carbons (Fsp3) is 0.474. The minimum atomic E-state index is -0.393. The van der Waals surface area contributed by atoms with E-state index in [1.54, 1.807) is 30.2 Å². The number of esters is 1. The van der Waals surface area contributed by atoms with Crippen molar-refractivity contribution in [3.8, 4) is 0 Å². The van der Waals surface area contributed by atoms with Gasteiger partial charge in [-0.05, 0) is 49.9 Å². The van der Waals surface area contributed by atoms with Gasteiger partial charge in [-0.3, -0.25) is 0 Å². The van der Waals surface area contributed by atoms with E-state index in [0.717, 1.165) is 24.8 Å². The van der Waals surface area contributed by atoms with E-state index < -0.39 is 5.97 Å². The smallest absolute Gasteiger partial charge is 0.337 e. The van der Waals surface area contributed by atoms with Crippen LogP contribution >= 0.6 is 0 Å². The Morgan fingerprint density at radius 1 is 1.32 bits per heavy atom. The Kier molecular flexibility index (Phi) is 6.20. The quantitative estimate of drug-likeness (QED) is 0.656. The van der Waals surface area contributed by atoms with E-state index in [2.05, 4.69) is 11.9 Å². The molecule has 1 N–H and O–H groups in total. The predicted octanol–water partition coefficient (Wildman–Crippen LogP) is 3.37. The fourth-order valence-electron chi connectivity index (χ4n) is 3.11. The number of methoxy groups -OCH3 is 2. The highest BCUT2D eigenvalue weighted by Crippen LogP contribution is 2.30. The molecule has 6 nitrogen and oxygen atoms in total. The number of nitrogens with zero attached hydrogens (tertiary/aromatic N) is 1. The number of urea groups is 1. The molecule has 0 aromatic heterocycles. The molecule has 0 aliphatic carbocycles. The molecule has 0 spiro atoms. The number of benzene rings is 1. The molecule has 1 heterocycles. The van der Waals surface area contributed by atoms with Crippen LogP contribution in [-0.2, 0) is 9.47 Å². The van der Waals surface area contributed by atoms with Crippen LogP contribution in [0.15, 0.2) is 30.9 Å². The number of carbonyl (C=O) groups is 2. The predicted molar refractivity (Wildman–Crippen MR) is 96.9 cm³/mol. The Morgan fingerprint density at radius 3 is 2.52 bits per heavy atom. The van der Waals surface area contributed by atoms with Gasteiger partial charge in [-0.1, -0.05) is 6.08 Å². The molecule has 1 saturated heterocycles. The van der Waals surface area contributed by atoms with Crippen molar-refractivity contribution >= 4 is 17.7 Å². The lowest BCUT2D eigenvalue weighted by Gasteiger charge is -2.40. The van der Waals surface area contributed by atoms with Gasteiger partial charge in [0, 0.05) is 25.9 Å². The first-order valence-electron chi connectivity index (χ1n) is 8.35. The second-order valence-corrected chi connectivity index (χ2v) is 6.32. The standard InChI is InChI=1S/C19H26N2O4/c1-5-8-19(25-4)9-11-21(12-10-19)18(23)20-16-7-6-15(13-14(16)2)17(22)24-3/h5-7,13H,1,8-12H2,2-4H3,(H,20,23). The number of hydrogen-bond acceptors (Lipinski definition) is 4. The van der Waals surface area contributed by atoms with Crippen molar-refractivity contribution in [1.82, 2.24) is 4.90 Å². The monoisotopic (exact) mass is 346 g/mol. The van der Waals surface area contributed by atoms with Crippen molar-refractivity contribution in [2.45, 2.75) is 31.8 Å². The lowest BCUT2D eigenvalue weighted by molar-refractivity contribution is -0.0469. The molecule has 0 atom stereocenters. The molecule has 1 fully saturated rings. The molecule has 136 valence electrons. The zero-order chi connectivity index (χ0) is 18.4. The molecule has 25 heavy (non-hydrogen) atoms. The van der Waals surface area contributed by atoms with Crippen LogP contribution in [0.1, 0.15) is 35.2 Å². The van der Waals surface area contributed by atoms with Crippen LogP contribution < -0.4 is 5.32 Å². The molecule has 1 aliphatic rings. The van der Waals surface area contributed by atoms with Gasteiger partial charge < -0.3 is 19.7 Å². The number of aryl methyl sites for hydroxylation is 1. The molecule has 6 heteroatoms. The average molecular weight is 346 g/mol. The van der Waals surface area contributed by atoms with Gasteiger partial charge in [-0.25, -0.2) is 9.59 Å². The minimum absolute atomic E-state index is 0.141. The van der Waals surface area contributed by atoms with E-state index in [9.17, 15) is 9.59 Å². The molecule has 1 aliphatic heterocycles. The summed E-state index contributed by atoms with van der Waals surface area (Å²) < 4.78 is 10.4. The third-order valence-corrected chi connectivity index (χ3v) is 4.80. The molecule has 0 radical (unpaired) electrons. The van der Waals surface area contributed by atoms with E-state index in [0.29, 0.717) is 24.3 Å². The highest BCUT2D eigenvalue weighted by molar-refractivity contribution is 5.93. The van der Waals surface area contributed by atoms with E-state index in [1.165, 1.54) is 7.11 Å². The van der Waals surface area contributed by atoms with E-state index in [1.807, 2.05) is 13.0 Å². The molecule has 2 rings (SSSR count). The van der Waals surface area contributed by atoms with Crippen molar-refractivity contribution in [3.63, 3.8) is 0 Å². The first-order chi connectivity index (χ1) is 11.9. The van der Waals surface area contributed by atoms with Gasteiger partial charge in [-0.2, -0.15) is 0 Å². The largest absolute Gasteiger partial charge is 0.465 e. The first kappa shape index (κ1) is 19.0. The first-order valence-corrected chi connectivity index (χ1v) is 8.35. The Morgan fingerprint density at radius 2 is 2.00 bits per heavy atom. The van der Waals surface area contributed by atoms with E-state index in [-0.39, 0.29) is 11.6 Å². The molecule has 0 bridgehead atoms. The van der Waals surface area contributed by atoms with Crippen LogP contribution in [0, 0.1) is 6.92 Å². The van der Waals surface area contributed by atoms with Crippen LogP contribution in [0.5, 0.6) is 0 Å². The maximum Gasteiger partial charge on any atom is 0.337 e. The fourth-order valence-corrected chi connectivity index (χ4v) is 3.11. The third-order valence-electron chi connectivity index (χ3n) is 4.80. The van der Waals surface area contributed by atoms with Crippen molar-refractivity contribution in [3.05, 3.63) is 42.0 Å².